The summed E-state index contributed by atoms with van der Waals surface area (Å²) in [7, 11) is 1.74. The van der Waals surface area contributed by atoms with E-state index in [1.165, 1.54) is 17.5 Å². The number of fused-ring (bicyclic) bond motifs is 3. The molecule has 0 atom stereocenters. The second kappa shape index (κ2) is 3.58. The Morgan fingerprint density at radius 2 is 2.06 bits per heavy atom. The molecule has 0 saturated carbocycles. The molecule has 1 aromatic rings. The van der Waals surface area contributed by atoms with Crippen LogP contribution in [0.25, 0.3) is 0 Å². The molecular formula is C13H14N2O2. The molecule has 1 heterocycles. The van der Waals surface area contributed by atoms with Crippen molar-refractivity contribution in [2.24, 2.45) is 5.16 Å². The number of aryl methyl sites for hydroxylation is 1. The Labute approximate surface area is 99.5 Å². The highest BCUT2D eigenvalue weighted by Crippen LogP contribution is 2.37. The minimum Gasteiger partial charge on any atom is -0.410 e. The van der Waals surface area contributed by atoms with Gasteiger partial charge in [0.25, 0.3) is 5.91 Å². The fraction of sp³-hybridized carbons (Fsp3) is 0.385. The van der Waals surface area contributed by atoms with Crippen molar-refractivity contribution in [3.63, 3.8) is 0 Å². The van der Waals surface area contributed by atoms with E-state index in [2.05, 4.69) is 11.2 Å². The molecule has 3 rings (SSSR count). The molecule has 0 aromatic heterocycles. The van der Waals surface area contributed by atoms with Crippen molar-refractivity contribution in [3.05, 3.63) is 28.8 Å². The van der Waals surface area contributed by atoms with Crippen LogP contribution in [0.1, 0.15) is 29.5 Å². The molecule has 1 aliphatic heterocycles. The van der Waals surface area contributed by atoms with Crippen LogP contribution in [0.4, 0.5) is 5.69 Å². The van der Waals surface area contributed by atoms with Crippen molar-refractivity contribution in [2.45, 2.75) is 25.7 Å². The number of benzene rings is 1. The second-order valence-corrected chi connectivity index (χ2v) is 4.62. The Kier molecular flexibility index (Phi) is 2.18. The van der Waals surface area contributed by atoms with Gasteiger partial charge in [-0.3, -0.25) is 4.79 Å². The topological polar surface area (TPSA) is 52.9 Å². The van der Waals surface area contributed by atoms with E-state index in [1.807, 2.05) is 6.07 Å². The Morgan fingerprint density at radius 1 is 1.29 bits per heavy atom. The van der Waals surface area contributed by atoms with Crippen LogP contribution in [0.2, 0.25) is 0 Å². The van der Waals surface area contributed by atoms with Gasteiger partial charge < -0.3 is 10.1 Å². The van der Waals surface area contributed by atoms with Crippen molar-refractivity contribution in [1.82, 2.24) is 0 Å². The summed E-state index contributed by atoms with van der Waals surface area (Å²) in [6.45, 7) is 0. The highest BCUT2D eigenvalue weighted by molar-refractivity contribution is 6.54. The largest absolute Gasteiger partial charge is 0.410 e. The predicted molar refractivity (Wildman–Crippen MR) is 64.8 cm³/mol. The molecule has 1 aromatic carbocycles. The third kappa shape index (κ3) is 1.30. The molecule has 1 N–H and O–H groups in total. The number of hydrogen-bond acceptors (Lipinski definition) is 3. The van der Waals surface area contributed by atoms with Gasteiger partial charge in [0, 0.05) is 12.6 Å². The van der Waals surface area contributed by atoms with Crippen LogP contribution in [0, 0.1) is 0 Å². The molecule has 4 heteroatoms. The number of carbonyl (C=O) groups excluding carboxylic acids is 1. The Morgan fingerprint density at radius 3 is 2.82 bits per heavy atom. The van der Waals surface area contributed by atoms with E-state index in [-0.39, 0.29) is 11.6 Å². The fourth-order valence-electron chi connectivity index (χ4n) is 2.85. The molecular weight excluding hydrogens is 216 g/mol. The van der Waals surface area contributed by atoms with Crippen LogP contribution in [0.15, 0.2) is 17.3 Å². The van der Waals surface area contributed by atoms with Gasteiger partial charge in [0.05, 0.1) is 5.69 Å². The normalized spacial score (nSPS) is 20.6. The van der Waals surface area contributed by atoms with E-state index in [4.69, 9.17) is 5.21 Å². The van der Waals surface area contributed by atoms with E-state index in [0.717, 1.165) is 30.5 Å². The van der Waals surface area contributed by atoms with Crippen molar-refractivity contribution < 1.29 is 10.0 Å². The Hall–Kier alpha value is -1.84. The van der Waals surface area contributed by atoms with Gasteiger partial charge in [-0.1, -0.05) is 17.3 Å². The van der Waals surface area contributed by atoms with Crippen LogP contribution in [0.3, 0.4) is 0 Å². The lowest BCUT2D eigenvalue weighted by atomic mass is 9.88. The van der Waals surface area contributed by atoms with Gasteiger partial charge in [0.1, 0.15) is 0 Å². The quantitative estimate of drug-likeness (QED) is 0.545. The van der Waals surface area contributed by atoms with E-state index in [0.29, 0.717) is 0 Å². The Bertz CT molecular complexity index is 534. The lowest BCUT2D eigenvalue weighted by Gasteiger charge is -2.21. The first-order valence-corrected chi connectivity index (χ1v) is 5.89. The van der Waals surface area contributed by atoms with Crippen molar-refractivity contribution in [2.75, 3.05) is 11.9 Å². The first-order chi connectivity index (χ1) is 8.24. The standard InChI is InChI=1S/C13H14N2O2/c1-15-12-9-5-3-2-4-8(9)6-7-10(12)11(14-17)13(15)16/h6-7,17H,2-5H2,1H3/b14-11-. The number of hydrogen-bond donors (Lipinski definition) is 1. The zero-order valence-electron chi connectivity index (χ0n) is 9.73. The highest BCUT2D eigenvalue weighted by Gasteiger charge is 2.35. The minimum atomic E-state index is -0.221. The molecule has 0 fully saturated rings. The van der Waals surface area contributed by atoms with Crippen LogP contribution in [-0.2, 0) is 17.6 Å². The van der Waals surface area contributed by atoms with E-state index >= 15 is 0 Å². The van der Waals surface area contributed by atoms with Gasteiger partial charge in [-0.25, -0.2) is 0 Å². The summed E-state index contributed by atoms with van der Waals surface area (Å²) < 4.78 is 0. The van der Waals surface area contributed by atoms with Crippen molar-refractivity contribution in [1.29, 1.82) is 0 Å². The number of carbonyl (C=O) groups is 1. The van der Waals surface area contributed by atoms with E-state index in [1.54, 1.807) is 11.9 Å². The lowest BCUT2D eigenvalue weighted by molar-refractivity contribution is -0.112. The summed E-state index contributed by atoms with van der Waals surface area (Å²) in [6, 6.07) is 3.96. The van der Waals surface area contributed by atoms with Gasteiger partial charge in [0.2, 0.25) is 0 Å². The first kappa shape index (κ1) is 10.3. The van der Waals surface area contributed by atoms with E-state index in [9.17, 15) is 4.79 Å². The summed E-state index contributed by atoms with van der Waals surface area (Å²) in [5.74, 6) is -0.221. The van der Waals surface area contributed by atoms with Crippen LogP contribution < -0.4 is 4.90 Å². The summed E-state index contributed by atoms with van der Waals surface area (Å²) in [6.07, 6.45) is 4.46. The van der Waals surface area contributed by atoms with Gasteiger partial charge in [-0.2, -0.15) is 0 Å². The number of likely N-dealkylation sites (N-methyl/N-ethyl adjacent to an activating group) is 1. The number of nitrogens with zero attached hydrogens (tertiary/aromatic N) is 2. The summed E-state index contributed by atoms with van der Waals surface area (Å²) in [5.41, 5.74) is 4.45. The monoisotopic (exact) mass is 230 g/mol. The first-order valence-electron chi connectivity index (χ1n) is 5.89. The smallest absolute Gasteiger partial charge is 0.280 e. The number of anilines is 1. The van der Waals surface area contributed by atoms with Gasteiger partial charge in [-0.05, 0) is 36.8 Å². The number of amides is 1. The fourth-order valence-corrected chi connectivity index (χ4v) is 2.85. The molecule has 88 valence electrons. The molecule has 1 amide bonds. The summed E-state index contributed by atoms with van der Waals surface area (Å²) >= 11 is 0. The maximum absolute atomic E-state index is 11.9. The van der Waals surface area contributed by atoms with Gasteiger partial charge in [0.15, 0.2) is 5.71 Å². The number of rotatable bonds is 0. The minimum absolute atomic E-state index is 0.163. The molecule has 0 radical (unpaired) electrons. The van der Waals surface area contributed by atoms with E-state index < -0.39 is 0 Å². The lowest BCUT2D eigenvalue weighted by Crippen LogP contribution is -2.26. The molecule has 0 bridgehead atoms. The SMILES string of the molecule is CN1C(=O)/C(=N\O)c2ccc3c(c21)CCCC3. The molecule has 0 unspecified atom stereocenters. The highest BCUT2D eigenvalue weighted by atomic mass is 16.4. The van der Waals surface area contributed by atoms with Crippen LogP contribution in [-0.4, -0.2) is 23.9 Å². The number of oxime groups is 1. The zero-order valence-corrected chi connectivity index (χ0v) is 9.73. The third-order valence-corrected chi connectivity index (χ3v) is 3.70. The predicted octanol–water partition coefficient (Wildman–Crippen LogP) is 1.72. The van der Waals surface area contributed by atoms with Crippen LogP contribution in [0.5, 0.6) is 0 Å². The Balaban J connectivity index is 2.26. The van der Waals surface area contributed by atoms with Gasteiger partial charge >= 0.3 is 0 Å². The zero-order chi connectivity index (χ0) is 12.0. The third-order valence-electron chi connectivity index (χ3n) is 3.70. The maximum atomic E-state index is 11.9. The van der Waals surface area contributed by atoms with Crippen LogP contribution >= 0.6 is 0 Å². The van der Waals surface area contributed by atoms with Crippen molar-refractivity contribution in [3.8, 4) is 0 Å². The van der Waals surface area contributed by atoms with Gasteiger partial charge in [-0.15, -0.1) is 0 Å². The average Bonchev–Trinajstić information content (AvgIpc) is 2.62. The molecule has 17 heavy (non-hydrogen) atoms. The maximum Gasteiger partial charge on any atom is 0.280 e. The molecule has 0 saturated heterocycles. The summed E-state index contributed by atoms with van der Waals surface area (Å²) in [4.78, 5) is 13.5. The molecule has 4 nitrogen and oxygen atoms in total. The molecule has 2 aliphatic rings. The summed E-state index contributed by atoms with van der Waals surface area (Å²) in [5, 5.41) is 12.1. The molecule has 0 spiro atoms. The average molecular weight is 230 g/mol. The second-order valence-electron chi connectivity index (χ2n) is 4.62. The molecule has 1 aliphatic carbocycles. The van der Waals surface area contributed by atoms with Crippen molar-refractivity contribution >= 4 is 17.3 Å².